The maximum Gasteiger partial charge on any atom is 0.241 e. The number of likely N-dealkylation sites (N-methyl/N-ethyl adjacent to an activating group) is 1. The van der Waals surface area contributed by atoms with Crippen molar-refractivity contribution in [3.63, 3.8) is 0 Å². The molecule has 1 fully saturated rings. The smallest absolute Gasteiger partial charge is 0.241 e. The third kappa shape index (κ3) is 4.90. The first-order valence-electron chi connectivity index (χ1n) is 9.92. The molecule has 0 aliphatic carbocycles. The highest BCUT2D eigenvalue weighted by Crippen LogP contribution is 2.25. The Labute approximate surface area is 167 Å². The van der Waals surface area contributed by atoms with Gasteiger partial charge in [0.2, 0.25) is 5.91 Å². The van der Waals surface area contributed by atoms with Crippen molar-refractivity contribution in [2.75, 3.05) is 30.4 Å². The van der Waals surface area contributed by atoms with Gasteiger partial charge in [-0.2, -0.15) is 5.26 Å². The summed E-state index contributed by atoms with van der Waals surface area (Å²) in [7, 11) is 1.98. The fraction of sp³-hybridized carbons (Fsp3) is 0.391. The van der Waals surface area contributed by atoms with Gasteiger partial charge in [0.05, 0.1) is 17.7 Å². The molecule has 146 valence electrons. The van der Waals surface area contributed by atoms with E-state index >= 15 is 0 Å². The van der Waals surface area contributed by atoms with Gasteiger partial charge in [-0.3, -0.25) is 9.69 Å². The van der Waals surface area contributed by atoms with Crippen LogP contribution < -0.4 is 10.2 Å². The lowest BCUT2D eigenvalue weighted by Crippen LogP contribution is -2.39. The summed E-state index contributed by atoms with van der Waals surface area (Å²) < 4.78 is 0. The van der Waals surface area contributed by atoms with Crippen LogP contribution in [0.15, 0.2) is 48.5 Å². The Morgan fingerprint density at radius 2 is 1.93 bits per heavy atom. The summed E-state index contributed by atoms with van der Waals surface area (Å²) in [5.74, 6) is -0.0759. The van der Waals surface area contributed by atoms with E-state index in [2.05, 4.69) is 45.5 Å². The van der Waals surface area contributed by atoms with Crippen LogP contribution in [0.2, 0.25) is 0 Å². The Hall–Kier alpha value is -2.84. The first-order chi connectivity index (χ1) is 13.6. The van der Waals surface area contributed by atoms with E-state index in [1.807, 2.05) is 14.0 Å². The second kappa shape index (κ2) is 9.38. The highest BCUT2D eigenvalue weighted by Gasteiger charge is 2.21. The minimum Gasteiger partial charge on any atom is -0.371 e. The van der Waals surface area contributed by atoms with Gasteiger partial charge in [-0.25, -0.2) is 0 Å². The summed E-state index contributed by atoms with van der Waals surface area (Å²) in [5, 5.41) is 11.9. The molecule has 1 aliphatic heterocycles. The highest BCUT2D eigenvalue weighted by atomic mass is 16.2. The van der Waals surface area contributed by atoms with Crippen molar-refractivity contribution in [1.29, 1.82) is 5.26 Å². The molecular weight excluding hydrogens is 348 g/mol. The molecule has 0 spiro atoms. The molecule has 5 heteroatoms. The second-order valence-corrected chi connectivity index (χ2v) is 7.45. The van der Waals surface area contributed by atoms with E-state index < -0.39 is 0 Å². The Morgan fingerprint density at radius 3 is 2.68 bits per heavy atom. The fourth-order valence-electron chi connectivity index (χ4n) is 3.61. The number of para-hydroxylation sites is 1. The monoisotopic (exact) mass is 376 g/mol. The number of rotatable bonds is 6. The van der Waals surface area contributed by atoms with Crippen LogP contribution in [0.4, 0.5) is 11.4 Å². The third-order valence-electron chi connectivity index (χ3n) is 5.41. The molecule has 28 heavy (non-hydrogen) atoms. The van der Waals surface area contributed by atoms with Gasteiger partial charge in [0.25, 0.3) is 0 Å². The second-order valence-electron chi connectivity index (χ2n) is 7.45. The van der Waals surface area contributed by atoms with Crippen molar-refractivity contribution in [3.05, 3.63) is 59.7 Å². The molecule has 2 aromatic rings. The quantitative estimate of drug-likeness (QED) is 0.828. The molecule has 0 bridgehead atoms. The lowest BCUT2D eigenvalue weighted by molar-refractivity contribution is -0.120. The SMILES string of the molecule is C[C@H](C(=O)Nc1cccc(C#N)c1)N(C)Cc1ccccc1N1CCCCC1. The molecule has 1 N–H and O–H groups in total. The molecule has 1 heterocycles. The molecule has 0 aromatic heterocycles. The number of hydrogen-bond donors (Lipinski definition) is 1. The predicted molar refractivity (Wildman–Crippen MR) is 113 cm³/mol. The summed E-state index contributed by atoms with van der Waals surface area (Å²) in [5.41, 5.74) is 3.72. The van der Waals surface area contributed by atoms with Crippen LogP contribution in [0.3, 0.4) is 0 Å². The lowest BCUT2D eigenvalue weighted by Gasteiger charge is -2.32. The van der Waals surface area contributed by atoms with Crippen molar-refractivity contribution in [2.45, 2.75) is 38.8 Å². The first kappa shape index (κ1) is 19.9. The van der Waals surface area contributed by atoms with Gasteiger partial charge in [-0.1, -0.05) is 24.3 Å². The number of benzene rings is 2. The molecule has 0 unspecified atom stereocenters. The van der Waals surface area contributed by atoms with Gasteiger partial charge in [-0.05, 0) is 63.1 Å². The Balaban J connectivity index is 1.66. The van der Waals surface area contributed by atoms with Gasteiger partial charge in [-0.15, -0.1) is 0 Å². The normalized spacial score (nSPS) is 15.1. The molecule has 1 amide bonds. The summed E-state index contributed by atoms with van der Waals surface area (Å²) in [6.45, 7) is 4.82. The Bertz CT molecular complexity index is 852. The van der Waals surface area contributed by atoms with Crippen molar-refractivity contribution in [1.82, 2.24) is 4.90 Å². The van der Waals surface area contributed by atoms with Crippen LogP contribution in [0, 0.1) is 11.3 Å². The molecule has 3 rings (SSSR count). The topological polar surface area (TPSA) is 59.4 Å². The van der Waals surface area contributed by atoms with Crippen molar-refractivity contribution >= 4 is 17.3 Å². The molecule has 5 nitrogen and oxygen atoms in total. The van der Waals surface area contributed by atoms with Crippen LogP contribution >= 0.6 is 0 Å². The number of anilines is 2. The third-order valence-corrected chi connectivity index (χ3v) is 5.41. The van der Waals surface area contributed by atoms with Crippen LogP contribution in [0.25, 0.3) is 0 Å². The fourth-order valence-corrected chi connectivity index (χ4v) is 3.61. The molecular formula is C23H28N4O. The molecule has 1 saturated heterocycles. The standard InChI is InChI=1S/C23H28N4O/c1-18(23(28)25-21-11-8-9-19(15-21)16-24)26(2)17-20-10-4-5-12-22(20)27-13-6-3-7-14-27/h4-5,8-12,15,18H,3,6-7,13-14,17H2,1-2H3,(H,25,28)/t18-/m1/s1. The Morgan fingerprint density at radius 1 is 1.18 bits per heavy atom. The Kier molecular flexibility index (Phi) is 6.67. The van der Waals surface area contributed by atoms with E-state index in [0.717, 1.165) is 13.1 Å². The van der Waals surface area contributed by atoms with Crippen LogP contribution in [0.5, 0.6) is 0 Å². The maximum absolute atomic E-state index is 12.7. The molecule has 0 saturated carbocycles. The zero-order chi connectivity index (χ0) is 19.9. The van der Waals surface area contributed by atoms with Crippen molar-refractivity contribution in [3.8, 4) is 6.07 Å². The molecule has 1 aliphatic rings. The summed E-state index contributed by atoms with van der Waals surface area (Å²) in [6.07, 6.45) is 3.79. The van der Waals surface area contributed by atoms with Crippen LogP contribution in [-0.4, -0.2) is 37.0 Å². The van der Waals surface area contributed by atoms with E-state index in [1.165, 1.54) is 30.5 Å². The van der Waals surface area contributed by atoms with E-state index in [-0.39, 0.29) is 11.9 Å². The number of carbonyl (C=O) groups is 1. The number of piperidine rings is 1. The number of carbonyl (C=O) groups excluding carboxylic acids is 1. The average molecular weight is 377 g/mol. The summed E-state index contributed by atoms with van der Waals surface area (Å²) in [6, 6.07) is 17.3. The number of hydrogen-bond acceptors (Lipinski definition) is 4. The van der Waals surface area contributed by atoms with Crippen LogP contribution in [0.1, 0.15) is 37.3 Å². The number of nitrogens with zero attached hydrogens (tertiary/aromatic N) is 3. The average Bonchev–Trinajstić information content (AvgIpc) is 2.74. The zero-order valence-electron chi connectivity index (χ0n) is 16.7. The number of nitrogens with one attached hydrogen (secondary N) is 1. The van der Waals surface area contributed by atoms with Crippen molar-refractivity contribution in [2.24, 2.45) is 0 Å². The maximum atomic E-state index is 12.7. The molecule has 0 radical (unpaired) electrons. The van der Waals surface area contributed by atoms with Gasteiger partial charge < -0.3 is 10.2 Å². The van der Waals surface area contributed by atoms with Gasteiger partial charge in [0.1, 0.15) is 0 Å². The van der Waals surface area contributed by atoms with E-state index in [9.17, 15) is 4.79 Å². The summed E-state index contributed by atoms with van der Waals surface area (Å²) >= 11 is 0. The van der Waals surface area contributed by atoms with Gasteiger partial charge in [0.15, 0.2) is 0 Å². The van der Waals surface area contributed by atoms with Gasteiger partial charge in [0, 0.05) is 31.0 Å². The number of amides is 1. The minimum atomic E-state index is -0.292. The lowest BCUT2D eigenvalue weighted by atomic mass is 10.1. The zero-order valence-corrected chi connectivity index (χ0v) is 16.7. The van der Waals surface area contributed by atoms with E-state index in [4.69, 9.17) is 5.26 Å². The highest BCUT2D eigenvalue weighted by molar-refractivity contribution is 5.94. The summed E-state index contributed by atoms with van der Waals surface area (Å²) in [4.78, 5) is 17.2. The predicted octanol–water partition coefficient (Wildman–Crippen LogP) is 4.01. The largest absolute Gasteiger partial charge is 0.371 e. The van der Waals surface area contributed by atoms with E-state index in [1.54, 1.807) is 24.3 Å². The minimum absolute atomic E-state index is 0.0759. The molecule has 2 aromatic carbocycles. The van der Waals surface area contributed by atoms with Crippen molar-refractivity contribution < 1.29 is 4.79 Å². The van der Waals surface area contributed by atoms with Crippen LogP contribution in [-0.2, 0) is 11.3 Å². The van der Waals surface area contributed by atoms with E-state index in [0.29, 0.717) is 17.8 Å². The molecule has 1 atom stereocenters. The number of nitriles is 1. The van der Waals surface area contributed by atoms with Gasteiger partial charge >= 0.3 is 0 Å². The first-order valence-corrected chi connectivity index (χ1v) is 9.92.